The highest BCUT2D eigenvalue weighted by atomic mass is 16.5. The Labute approximate surface area is 106 Å². The van der Waals surface area contributed by atoms with Gasteiger partial charge < -0.3 is 4.74 Å². The predicted octanol–water partition coefficient (Wildman–Crippen LogP) is 2.99. The first kappa shape index (κ1) is 14.9. The van der Waals surface area contributed by atoms with Crippen molar-refractivity contribution in [1.82, 2.24) is 5.43 Å². The van der Waals surface area contributed by atoms with E-state index in [2.05, 4.69) is 26.2 Å². The van der Waals surface area contributed by atoms with Crippen molar-refractivity contribution >= 4 is 0 Å². The first-order valence-corrected chi connectivity index (χ1v) is 7.24. The van der Waals surface area contributed by atoms with Crippen LogP contribution in [-0.2, 0) is 4.74 Å². The molecular formula is C14H30N2O. The molecule has 0 spiro atoms. The Morgan fingerprint density at radius 3 is 2.18 bits per heavy atom. The van der Waals surface area contributed by atoms with Crippen LogP contribution in [-0.4, -0.2) is 18.2 Å². The Hall–Kier alpha value is -0.120. The van der Waals surface area contributed by atoms with E-state index in [1.807, 2.05) is 0 Å². The molecular weight excluding hydrogens is 212 g/mol. The van der Waals surface area contributed by atoms with Crippen molar-refractivity contribution < 1.29 is 4.74 Å². The maximum absolute atomic E-state index is 6.16. The van der Waals surface area contributed by atoms with Crippen LogP contribution in [0.4, 0.5) is 0 Å². The van der Waals surface area contributed by atoms with Crippen LogP contribution in [0.25, 0.3) is 0 Å². The van der Waals surface area contributed by atoms with Gasteiger partial charge in [-0.2, -0.15) is 0 Å². The second-order valence-electron chi connectivity index (χ2n) is 5.76. The van der Waals surface area contributed by atoms with Gasteiger partial charge in [-0.25, -0.2) is 0 Å². The molecule has 1 fully saturated rings. The van der Waals surface area contributed by atoms with Crippen molar-refractivity contribution in [2.45, 2.75) is 77.4 Å². The molecule has 0 aromatic rings. The molecule has 1 aliphatic rings. The molecule has 0 aliphatic heterocycles. The Kier molecular flexibility index (Phi) is 6.45. The van der Waals surface area contributed by atoms with Gasteiger partial charge in [0, 0.05) is 6.61 Å². The molecule has 0 amide bonds. The molecule has 1 atom stereocenters. The van der Waals surface area contributed by atoms with E-state index in [9.17, 15) is 0 Å². The number of hydrogen-bond donors (Lipinski definition) is 2. The molecule has 0 aromatic carbocycles. The van der Waals surface area contributed by atoms with Crippen LogP contribution in [0.2, 0.25) is 0 Å². The fourth-order valence-corrected chi connectivity index (χ4v) is 3.11. The largest absolute Gasteiger partial charge is 0.374 e. The molecule has 102 valence electrons. The summed E-state index contributed by atoms with van der Waals surface area (Å²) in [5, 5.41) is 0. The Bertz CT molecular complexity index is 198. The number of rotatable bonds is 6. The number of hydrogen-bond acceptors (Lipinski definition) is 3. The molecule has 1 unspecified atom stereocenters. The van der Waals surface area contributed by atoms with Crippen LogP contribution >= 0.6 is 0 Å². The fourth-order valence-electron chi connectivity index (χ4n) is 3.11. The highest BCUT2D eigenvalue weighted by Crippen LogP contribution is 2.35. The smallest absolute Gasteiger partial charge is 0.0848 e. The minimum Gasteiger partial charge on any atom is -0.374 e. The van der Waals surface area contributed by atoms with Gasteiger partial charge >= 0.3 is 0 Å². The molecule has 3 heteroatoms. The second kappa shape index (κ2) is 7.34. The van der Waals surface area contributed by atoms with Crippen LogP contribution < -0.4 is 11.3 Å². The zero-order valence-electron chi connectivity index (χ0n) is 11.8. The van der Waals surface area contributed by atoms with Crippen molar-refractivity contribution in [3.05, 3.63) is 0 Å². The molecule has 0 heterocycles. The van der Waals surface area contributed by atoms with Gasteiger partial charge in [0.2, 0.25) is 0 Å². The van der Waals surface area contributed by atoms with E-state index in [1.165, 1.54) is 25.7 Å². The lowest BCUT2D eigenvalue weighted by Crippen LogP contribution is -2.55. The number of nitrogens with one attached hydrogen (secondary N) is 1. The maximum Gasteiger partial charge on any atom is 0.0848 e. The minimum absolute atomic E-state index is 0.0235. The number of nitrogens with two attached hydrogens (primary N) is 1. The first-order valence-electron chi connectivity index (χ1n) is 7.24. The molecule has 1 rings (SSSR count). The van der Waals surface area contributed by atoms with Gasteiger partial charge in [-0.15, -0.1) is 0 Å². The zero-order chi connectivity index (χ0) is 12.7. The zero-order valence-corrected chi connectivity index (χ0v) is 11.8. The van der Waals surface area contributed by atoms with Gasteiger partial charge in [0.15, 0.2) is 0 Å². The fraction of sp³-hybridized carbons (Fsp3) is 1.00. The Balaban J connectivity index is 2.77. The van der Waals surface area contributed by atoms with Gasteiger partial charge in [-0.1, -0.05) is 39.5 Å². The third kappa shape index (κ3) is 4.23. The third-order valence-corrected chi connectivity index (χ3v) is 3.93. The standard InChI is InChI=1S/C14H30N2O/c1-4-17-14(9-7-5-6-8-10-14)13(16-15)11-12(2)3/h12-13,16H,4-11,15H2,1-3H3. The molecule has 0 aromatic heterocycles. The summed E-state index contributed by atoms with van der Waals surface area (Å²) in [7, 11) is 0. The van der Waals surface area contributed by atoms with Crippen molar-refractivity contribution in [1.29, 1.82) is 0 Å². The van der Waals surface area contributed by atoms with E-state index in [1.54, 1.807) is 0 Å². The lowest BCUT2D eigenvalue weighted by Gasteiger charge is -2.40. The van der Waals surface area contributed by atoms with E-state index in [-0.39, 0.29) is 5.60 Å². The van der Waals surface area contributed by atoms with E-state index >= 15 is 0 Å². The SMILES string of the molecule is CCOC1(C(CC(C)C)NN)CCCCCC1. The van der Waals surface area contributed by atoms with E-state index < -0.39 is 0 Å². The average molecular weight is 242 g/mol. The topological polar surface area (TPSA) is 47.3 Å². The summed E-state index contributed by atoms with van der Waals surface area (Å²) in [6, 6.07) is 0.292. The van der Waals surface area contributed by atoms with Gasteiger partial charge in [-0.05, 0) is 32.1 Å². The van der Waals surface area contributed by atoms with E-state index in [4.69, 9.17) is 10.6 Å². The van der Waals surface area contributed by atoms with Crippen LogP contribution in [0, 0.1) is 5.92 Å². The quantitative estimate of drug-likeness (QED) is 0.427. The van der Waals surface area contributed by atoms with Gasteiger partial charge in [0.05, 0.1) is 11.6 Å². The van der Waals surface area contributed by atoms with Crippen molar-refractivity contribution in [2.75, 3.05) is 6.61 Å². The molecule has 0 saturated heterocycles. The summed E-state index contributed by atoms with van der Waals surface area (Å²) in [6.07, 6.45) is 8.63. The summed E-state index contributed by atoms with van der Waals surface area (Å²) in [5.41, 5.74) is 3.01. The molecule has 17 heavy (non-hydrogen) atoms. The first-order chi connectivity index (χ1) is 8.14. The summed E-state index contributed by atoms with van der Waals surface area (Å²) < 4.78 is 6.16. The van der Waals surface area contributed by atoms with E-state index in [0.29, 0.717) is 12.0 Å². The van der Waals surface area contributed by atoms with Crippen molar-refractivity contribution in [2.24, 2.45) is 11.8 Å². The van der Waals surface area contributed by atoms with Crippen LogP contribution in [0.1, 0.15) is 65.7 Å². The summed E-state index contributed by atoms with van der Waals surface area (Å²) in [6.45, 7) is 7.38. The normalized spacial score (nSPS) is 22.4. The lowest BCUT2D eigenvalue weighted by atomic mass is 9.82. The second-order valence-corrected chi connectivity index (χ2v) is 5.76. The molecule has 1 aliphatic carbocycles. The molecule has 3 nitrogen and oxygen atoms in total. The summed E-state index contributed by atoms with van der Waals surface area (Å²) >= 11 is 0. The number of ether oxygens (including phenoxy) is 1. The highest BCUT2D eigenvalue weighted by Gasteiger charge is 2.39. The van der Waals surface area contributed by atoms with Gasteiger partial charge in [0.25, 0.3) is 0 Å². The Morgan fingerprint density at radius 2 is 1.76 bits per heavy atom. The molecule has 1 saturated carbocycles. The van der Waals surface area contributed by atoms with E-state index in [0.717, 1.165) is 25.9 Å². The van der Waals surface area contributed by atoms with Gasteiger partial charge in [-0.3, -0.25) is 11.3 Å². The molecule has 3 N–H and O–H groups in total. The summed E-state index contributed by atoms with van der Waals surface area (Å²) in [5.74, 6) is 6.44. The van der Waals surface area contributed by atoms with Crippen LogP contribution in [0.3, 0.4) is 0 Å². The summed E-state index contributed by atoms with van der Waals surface area (Å²) in [4.78, 5) is 0. The van der Waals surface area contributed by atoms with Crippen LogP contribution in [0.15, 0.2) is 0 Å². The van der Waals surface area contributed by atoms with Crippen LogP contribution in [0.5, 0.6) is 0 Å². The monoisotopic (exact) mass is 242 g/mol. The molecule has 0 radical (unpaired) electrons. The maximum atomic E-state index is 6.16. The Morgan fingerprint density at radius 1 is 1.18 bits per heavy atom. The molecule has 0 bridgehead atoms. The number of hydrazine groups is 1. The predicted molar refractivity (Wildman–Crippen MR) is 72.6 cm³/mol. The van der Waals surface area contributed by atoms with Crippen molar-refractivity contribution in [3.8, 4) is 0 Å². The third-order valence-electron chi connectivity index (χ3n) is 3.93. The highest BCUT2D eigenvalue weighted by molar-refractivity contribution is 4.94. The van der Waals surface area contributed by atoms with Gasteiger partial charge in [0.1, 0.15) is 0 Å². The van der Waals surface area contributed by atoms with Crippen molar-refractivity contribution in [3.63, 3.8) is 0 Å². The lowest BCUT2D eigenvalue weighted by molar-refractivity contribution is -0.0809. The average Bonchev–Trinajstić information content (AvgIpc) is 2.52. The minimum atomic E-state index is -0.0235.